The maximum atomic E-state index is 10.6. The van der Waals surface area contributed by atoms with Gasteiger partial charge in [-0.2, -0.15) is 0 Å². The number of methoxy groups -OCH3 is 1. The quantitative estimate of drug-likeness (QED) is 0.644. The molecule has 0 aliphatic heterocycles. The van der Waals surface area contributed by atoms with E-state index in [1.165, 1.54) is 24.3 Å². The minimum absolute atomic E-state index is 0.00787. The van der Waals surface area contributed by atoms with E-state index in [-0.39, 0.29) is 19.1 Å². The van der Waals surface area contributed by atoms with Gasteiger partial charge in [-0.1, -0.05) is 61.2 Å². The number of fused-ring (bicyclic) bond motifs is 3. The molecule has 0 saturated heterocycles. The molecule has 0 saturated carbocycles. The van der Waals surface area contributed by atoms with Crippen molar-refractivity contribution < 1.29 is 28.9 Å². The largest absolute Gasteiger partial charge is 0.508 e. The number of hydrogen-bond acceptors (Lipinski definition) is 5. The van der Waals surface area contributed by atoms with E-state index in [9.17, 15) is 9.59 Å². The molecule has 0 bridgehead atoms. The molecular weight excluding hydrogens is 336 g/mol. The predicted molar refractivity (Wildman–Crippen MR) is 96.3 cm³/mol. The molecular formula is C20H20O6. The summed E-state index contributed by atoms with van der Waals surface area (Å²) in [4.78, 5) is 20.6. The zero-order valence-corrected chi connectivity index (χ0v) is 14.4. The Kier molecular flexibility index (Phi) is 6.79. The Hall–Kier alpha value is -3.28. The van der Waals surface area contributed by atoms with E-state index >= 15 is 0 Å². The lowest BCUT2D eigenvalue weighted by molar-refractivity contribution is 0.0817. The van der Waals surface area contributed by atoms with Gasteiger partial charge in [-0.25, -0.2) is 9.59 Å². The highest BCUT2D eigenvalue weighted by Gasteiger charge is 2.28. The summed E-state index contributed by atoms with van der Waals surface area (Å²) in [7, 11) is 1.26. The Morgan fingerprint density at radius 1 is 1.04 bits per heavy atom. The minimum atomic E-state index is -1.23. The van der Waals surface area contributed by atoms with E-state index in [2.05, 4.69) is 28.2 Å². The molecule has 1 aliphatic carbocycles. The SMILES string of the molecule is C=CCOC(=O)OC.O=C(O)OCC1c2ccccc2-c2ccccc21. The predicted octanol–water partition coefficient (Wildman–Crippen LogP) is 4.45. The fraction of sp³-hybridized carbons (Fsp3) is 0.200. The molecule has 0 atom stereocenters. The number of carbonyl (C=O) groups excluding carboxylic acids is 1. The monoisotopic (exact) mass is 356 g/mol. The standard InChI is InChI=1S/C15H12O3.C5H8O3/c16-15(17)18-9-14-12-7-3-1-5-10(12)11-6-2-4-8-13(11)14;1-3-4-8-5(6)7-2/h1-8,14H,9H2,(H,16,17);3H,1,4H2,2H3. The van der Waals surface area contributed by atoms with Crippen LogP contribution in [0.5, 0.6) is 0 Å². The van der Waals surface area contributed by atoms with Crippen LogP contribution in [0, 0.1) is 0 Å². The van der Waals surface area contributed by atoms with E-state index in [1.807, 2.05) is 36.4 Å². The fourth-order valence-electron chi connectivity index (χ4n) is 2.78. The Morgan fingerprint density at radius 2 is 1.58 bits per heavy atom. The smallest absolute Gasteiger partial charge is 0.450 e. The normalized spacial score (nSPS) is 11.3. The van der Waals surface area contributed by atoms with Crippen LogP contribution in [0.15, 0.2) is 61.2 Å². The lowest BCUT2D eigenvalue weighted by Gasteiger charge is -2.12. The summed E-state index contributed by atoms with van der Waals surface area (Å²) in [5, 5.41) is 8.65. The third kappa shape index (κ3) is 4.63. The van der Waals surface area contributed by atoms with Crippen molar-refractivity contribution in [2.45, 2.75) is 5.92 Å². The molecule has 0 spiro atoms. The highest BCUT2D eigenvalue weighted by Crippen LogP contribution is 2.44. The Labute approximate surface area is 151 Å². The van der Waals surface area contributed by atoms with Gasteiger partial charge < -0.3 is 19.3 Å². The number of hydrogen-bond donors (Lipinski definition) is 1. The summed E-state index contributed by atoms with van der Waals surface area (Å²) in [5.74, 6) is 0.00787. The molecule has 1 aliphatic rings. The topological polar surface area (TPSA) is 82.1 Å². The van der Waals surface area contributed by atoms with Gasteiger partial charge in [0.15, 0.2) is 0 Å². The molecule has 0 fully saturated rings. The summed E-state index contributed by atoms with van der Waals surface area (Å²) in [6, 6.07) is 16.1. The van der Waals surface area contributed by atoms with Gasteiger partial charge in [0, 0.05) is 5.92 Å². The molecule has 0 amide bonds. The van der Waals surface area contributed by atoms with Crippen LogP contribution in [0.1, 0.15) is 17.0 Å². The van der Waals surface area contributed by atoms with Crippen LogP contribution in [0.3, 0.4) is 0 Å². The zero-order valence-electron chi connectivity index (χ0n) is 14.4. The van der Waals surface area contributed by atoms with E-state index in [4.69, 9.17) is 9.84 Å². The number of carboxylic acid groups (broad SMARTS) is 1. The second-order valence-electron chi connectivity index (χ2n) is 5.36. The van der Waals surface area contributed by atoms with Crippen molar-refractivity contribution in [3.05, 3.63) is 72.3 Å². The van der Waals surface area contributed by atoms with Gasteiger partial charge in [-0.3, -0.25) is 0 Å². The third-order valence-electron chi connectivity index (χ3n) is 3.82. The first-order chi connectivity index (χ1) is 12.6. The molecule has 6 heteroatoms. The van der Waals surface area contributed by atoms with Crippen LogP contribution >= 0.6 is 0 Å². The van der Waals surface area contributed by atoms with Crippen molar-refractivity contribution in [1.29, 1.82) is 0 Å². The zero-order chi connectivity index (χ0) is 18.9. The molecule has 0 aromatic heterocycles. The molecule has 26 heavy (non-hydrogen) atoms. The van der Waals surface area contributed by atoms with Gasteiger partial charge in [0.05, 0.1) is 7.11 Å². The van der Waals surface area contributed by atoms with Gasteiger partial charge in [0.1, 0.15) is 13.2 Å². The van der Waals surface area contributed by atoms with E-state index < -0.39 is 12.3 Å². The fourth-order valence-corrected chi connectivity index (χ4v) is 2.78. The lowest BCUT2D eigenvalue weighted by atomic mass is 9.98. The van der Waals surface area contributed by atoms with Gasteiger partial charge >= 0.3 is 12.3 Å². The summed E-state index contributed by atoms with van der Waals surface area (Å²) in [5.41, 5.74) is 4.62. The number of rotatable bonds is 4. The highest BCUT2D eigenvalue weighted by atomic mass is 16.7. The first kappa shape index (κ1) is 19.1. The molecule has 6 nitrogen and oxygen atoms in total. The van der Waals surface area contributed by atoms with Crippen molar-refractivity contribution in [2.75, 3.05) is 20.3 Å². The van der Waals surface area contributed by atoms with E-state index in [0.717, 1.165) is 11.1 Å². The number of carbonyl (C=O) groups is 2. The van der Waals surface area contributed by atoms with Crippen LogP contribution < -0.4 is 0 Å². The molecule has 3 rings (SSSR count). The average molecular weight is 356 g/mol. The van der Waals surface area contributed by atoms with E-state index in [0.29, 0.717) is 0 Å². The highest BCUT2D eigenvalue weighted by molar-refractivity contribution is 5.78. The van der Waals surface area contributed by atoms with Gasteiger partial charge in [0.2, 0.25) is 0 Å². The summed E-state index contributed by atoms with van der Waals surface area (Å²) in [6.45, 7) is 3.71. The van der Waals surface area contributed by atoms with Crippen molar-refractivity contribution in [2.24, 2.45) is 0 Å². The first-order valence-electron chi connectivity index (χ1n) is 7.94. The van der Waals surface area contributed by atoms with Crippen molar-refractivity contribution in [1.82, 2.24) is 0 Å². The second-order valence-corrected chi connectivity index (χ2v) is 5.36. The van der Waals surface area contributed by atoms with Crippen LogP contribution in [0.25, 0.3) is 11.1 Å². The van der Waals surface area contributed by atoms with Crippen LogP contribution in [-0.2, 0) is 14.2 Å². The van der Waals surface area contributed by atoms with Crippen molar-refractivity contribution in [3.8, 4) is 11.1 Å². The molecule has 0 heterocycles. The molecule has 136 valence electrons. The van der Waals surface area contributed by atoms with E-state index in [1.54, 1.807) is 0 Å². The van der Waals surface area contributed by atoms with Crippen LogP contribution in [0.4, 0.5) is 9.59 Å². The molecule has 1 N–H and O–H groups in total. The maximum Gasteiger partial charge on any atom is 0.508 e. The Bertz CT molecular complexity index is 738. The minimum Gasteiger partial charge on any atom is -0.450 e. The summed E-state index contributed by atoms with van der Waals surface area (Å²) >= 11 is 0. The summed E-state index contributed by atoms with van der Waals surface area (Å²) in [6.07, 6.45) is -0.432. The van der Waals surface area contributed by atoms with Crippen molar-refractivity contribution in [3.63, 3.8) is 0 Å². The van der Waals surface area contributed by atoms with Crippen molar-refractivity contribution >= 4 is 12.3 Å². The number of ether oxygens (including phenoxy) is 3. The lowest BCUT2D eigenvalue weighted by Crippen LogP contribution is -2.10. The molecule has 0 unspecified atom stereocenters. The third-order valence-corrected chi connectivity index (χ3v) is 3.82. The second kappa shape index (κ2) is 9.27. The summed E-state index contributed by atoms with van der Waals surface area (Å²) < 4.78 is 13.3. The Morgan fingerprint density at radius 3 is 2.04 bits per heavy atom. The van der Waals surface area contributed by atoms with Gasteiger partial charge in [-0.15, -0.1) is 0 Å². The molecule has 2 aromatic carbocycles. The van der Waals surface area contributed by atoms with Gasteiger partial charge in [0.25, 0.3) is 0 Å². The molecule has 0 radical (unpaired) electrons. The number of benzene rings is 2. The first-order valence-corrected chi connectivity index (χ1v) is 7.94. The maximum absolute atomic E-state index is 10.6. The Balaban J connectivity index is 0.000000260. The average Bonchev–Trinajstić information content (AvgIpc) is 2.99. The van der Waals surface area contributed by atoms with Crippen LogP contribution in [-0.4, -0.2) is 37.7 Å². The van der Waals surface area contributed by atoms with Gasteiger partial charge in [-0.05, 0) is 22.3 Å². The molecule has 2 aromatic rings. The van der Waals surface area contributed by atoms with Crippen LogP contribution in [0.2, 0.25) is 0 Å².